The van der Waals surface area contributed by atoms with Gasteiger partial charge in [-0.25, -0.2) is 9.98 Å². The van der Waals surface area contributed by atoms with E-state index in [4.69, 9.17) is 0 Å². The van der Waals surface area contributed by atoms with Gasteiger partial charge in [0.15, 0.2) is 5.82 Å². The molecule has 0 saturated heterocycles. The molecule has 0 spiro atoms. The Morgan fingerprint density at radius 1 is 1.12 bits per heavy atom. The number of rotatable bonds is 4. The third-order valence-corrected chi connectivity index (χ3v) is 2.59. The van der Waals surface area contributed by atoms with Crippen LogP contribution >= 0.6 is 0 Å². The van der Waals surface area contributed by atoms with Crippen molar-refractivity contribution in [2.45, 2.75) is 19.8 Å². The van der Waals surface area contributed by atoms with E-state index in [-0.39, 0.29) is 0 Å². The molecule has 3 heteroatoms. The largest absolute Gasteiger partial charge is 0.354 e. The van der Waals surface area contributed by atoms with E-state index in [1.54, 1.807) is 12.4 Å². The monoisotopic (exact) mass is 227 g/mol. The SMILES string of the molecule is CCCCN1C=CC(=CC=C2N=CC=N2)C=C1. The Bertz CT molecular complexity index is 406. The lowest BCUT2D eigenvalue weighted by Crippen LogP contribution is -2.12. The molecular weight excluding hydrogens is 210 g/mol. The number of hydrogen-bond donors (Lipinski definition) is 0. The molecule has 17 heavy (non-hydrogen) atoms. The first-order valence-corrected chi connectivity index (χ1v) is 5.99. The molecule has 0 saturated carbocycles. The normalized spacial score (nSPS) is 17.1. The van der Waals surface area contributed by atoms with E-state index in [9.17, 15) is 0 Å². The molecule has 0 atom stereocenters. The van der Waals surface area contributed by atoms with Crippen molar-refractivity contribution in [1.82, 2.24) is 4.90 Å². The fraction of sp³-hybridized carbons (Fsp3) is 0.286. The quantitative estimate of drug-likeness (QED) is 0.725. The number of unbranched alkanes of at least 4 members (excludes halogenated alkanes) is 1. The van der Waals surface area contributed by atoms with Crippen molar-refractivity contribution in [2.75, 3.05) is 6.54 Å². The molecule has 0 aromatic rings. The topological polar surface area (TPSA) is 28.0 Å². The number of hydrogen-bond acceptors (Lipinski definition) is 3. The summed E-state index contributed by atoms with van der Waals surface area (Å²) < 4.78 is 0. The average molecular weight is 227 g/mol. The summed E-state index contributed by atoms with van der Waals surface area (Å²) in [7, 11) is 0. The fourth-order valence-electron chi connectivity index (χ4n) is 1.58. The molecule has 2 aliphatic heterocycles. The Hall–Kier alpha value is -1.90. The van der Waals surface area contributed by atoms with Gasteiger partial charge in [0.2, 0.25) is 0 Å². The van der Waals surface area contributed by atoms with Crippen LogP contribution in [0.3, 0.4) is 0 Å². The molecule has 0 aromatic carbocycles. The van der Waals surface area contributed by atoms with Crippen LogP contribution < -0.4 is 0 Å². The number of aliphatic imine (C=N–C) groups is 2. The summed E-state index contributed by atoms with van der Waals surface area (Å²) in [5, 5.41) is 0. The molecular formula is C14H17N3. The summed E-state index contributed by atoms with van der Waals surface area (Å²) >= 11 is 0. The van der Waals surface area contributed by atoms with Crippen LogP contribution in [-0.4, -0.2) is 23.9 Å². The molecule has 3 nitrogen and oxygen atoms in total. The first kappa shape index (κ1) is 11.6. The third-order valence-electron chi connectivity index (χ3n) is 2.59. The minimum Gasteiger partial charge on any atom is -0.354 e. The van der Waals surface area contributed by atoms with Crippen LogP contribution in [-0.2, 0) is 0 Å². The summed E-state index contributed by atoms with van der Waals surface area (Å²) in [6.07, 6.45) is 18.2. The van der Waals surface area contributed by atoms with Gasteiger partial charge < -0.3 is 4.90 Å². The van der Waals surface area contributed by atoms with Gasteiger partial charge in [-0.15, -0.1) is 0 Å². The van der Waals surface area contributed by atoms with E-state index in [0.29, 0.717) is 0 Å². The van der Waals surface area contributed by atoms with Gasteiger partial charge >= 0.3 is 0 Å². The van der Waals surface area contributed by atoms with Gasteiger partial charge in [0, 0.05) is 31.4 Å². The highest BCUT2D eigenvalue weighted by Crippen LogP contribution is 2.11. The molecule has 0 unspecified atom stereocenters. The Kier molecular flexibility index (Phi) is 4.08. The van der Waals surface area contributed by atoms with E-state index >= 15 is 0 Å². The Morgan fingerprint density at radius 2 is 1.82 bits per heavy atom. The van der Waals surface area contributed by atoms with Gasteiger partial charge in [-0.05, 0) is 30.2 Å². The predicted molar refractivity (Wildman–Crippen MR) is 73.0 cm³/mol. The minimum atomic E-state index is 0.757. The zero-order chi connectivity index (χ0) is 11.9. The second-order valence-electron chi connectivity index (χ2n) is 3.97. The highest BCUT2D eigenvalue weighted by Gasteiger charge is 1.99. The molecule has 0 aliphatic carbocycles. The van der Waals surface area contributed by atoms with Gasteiger partial charge in [-0.3, -0.25) is 0 Å². The fourth-order valence-corrected chi connectivity index (χ4v) is 1.58. The van der Waals surface area contributed by atoms with Crippen molar-refractivity contribution in [1.29, 1.82) is 0 Å². The van der Waals surface area contributed by atoms with E-state index in [0.717, 1.165) is 12.4 Å². The van der Waals surface area contributed by atoms with Crippen molar-refractivity contribution in [3.8, 4) is 0 Å². The molecule has 0 amide bonds. The molecule has 0 fully saturated rings. The van der Waals surface area contributed by atoms with Crippen LogP contribution in [0.1, 0.15) is 19.8 Å². The minimum absolute atomic E-state index is 0.757. The molecule has 0 radical (unpaired) electrons. The molecule has 2 aliphatic rings. The van der Waals surface area contributed by atoms with Crippen molar-refractivity contribution in [2.24, 2.45) is 9.98 Å². The third kappa shape index (κ3) is 3.55. The van der Waals surface area contributed by atoms with E-state index in [1.165, 1.54) is 18.4 Å². The van der Waals surface area contributed by atoms with Crippen LogP contribution in [0.15, 0.2) is 58.1 Å². The molecule has 0 bridgehead atoms. The Labute approximate surface area is 102 Å². The van der Waals surface area contributed by atoms with Crippen molar-refractivity contribution in [3.63, 3.8) is 0 Å². The van der Waals surface area contributed by atoms with Crippen LogP contribution in [0.4, 0.5) is 0 Å². The number of nitrogens with zero attached hydrogens (tertiary/aromatic N) is 3. The lowest BCUT2D eigenvalue weighted by Gasteiger charge is -2.17. The van der Waals surface area contributed by atoms with E-state index in [2.05, 4.69) is 46.4 Å². The first-order valence-electron chi connectivity index (χ1n) is 5.99. The summed E-state index contributed by atoms with van der Waals surface area (Å²) in [6.45, 7) is 3.30. The standard InChI is InChI=1S/C14H17N3/c1-2-3-10-17-11-6-13(7-12-17)4-5-14-15-8-9-16-14/h4-9,11-12H,2-3,10H2,1H3. The van der Waals surface area contributed by atoms with Crippen molar-refractivity contribution < 1.29 is 0 Å². The summed E-state index contributed by atoms with van der Waals surface area (Å²) in [5.74, 6) is 0.757. The van der Waals surface area contributed by atoms with Crippen LogP contribution in [0, 0.1) is 0 Å². The van der Waals surface area contributed by atoms with Crippen LogP contribution in [0.25, 0.3) is 0 Å². The first-order chi connectivity index (χ1) is 8.38. The second-order valence-corrected chi connectivity index (χ2v) is 3.97. The molecule has 2 rings (SSSR count). The lowest BCUT2D eigenvalue weighted by molar-refractivity contribution is 0.481. The zero-order valence-corrected chi connectivity index (χ0v) is 10.1. The maximum atomic E-state index is 4.09. The number of allylic oxidation sites excluding steroid dienone is 5. The summed E-state index contributed by atoms with van der Waals surface area (Å²) in [6, 6.07) is 0. The van der Waals surface area contributed by atoms with E-state index < -0.39 is 0 Å². The molecule has 0 N–H and O–H groups in total. The lowest BCUT2D eigenvalue weighted by atomic mass is 10.2. The molecule has 0 aromatic heterocycles. The smallest absolute Gasteiger partial charge is 0.151 e. The highest BCUT2D eigenvalue weighted by molar-refractivity contribution is 6.18. The molecule has 2 heterocycles. The maximum absolute atomic E-state index is 4.09. The highest BCUT2D eigenvalue weighted by atomic mass is 15.1. The Balaban J connectivity index is 1.91. The van der Waals surface area contributed by atoms with Gasteiger partial charge in [0.25, 0.3) is 0 Å². The predicted octanol–water partition coefficient (Wildman–Crippen LogP) is 3.05. The molecule has 88 valence electrons. The van der Waals surface area contributed by atoms with Gasteiger partial charge in [0.05, 0.1) is 0 Å². The summed E-state index contributed by atoms with van der Waals surface area (Å²) in [5.41, 5.74) is 1.17. The van der Waals surface area contributed by atoms with Crippen molar-refractivity contribution >= 4 is 12.4 Å². The summed E-state index contributed by atoms with van der Waals surface area (Å²) in [4.78, 5) is 10.4. The van der Waals surface area contributed by atoms with Crippen LogP contribution in [0.2, 0.25) is 0 Å². The maximum Gasteiger partial charge on any atom is 0.151 e. The zero-order valence-electron chi connectivity index (χ0n) is 10.1. The van der Waals surface area contributed by atoms with Gasteiger partial charge in [-0.2, -0.15) is 0 Å². The van der Waals surface area contributed by atoms with Crippen LogP contribution in [0.5, 0.6) is 0 Å². The average Bonchev–Trinajstić information content (AvgIpc) is 2.88. The second kappa shape index (κ2) is 5.99. The van der Waals surface area contributed by atoms with E-state index in [1.807, 2.05) is 12.2 Å². The Morgan fingerprint density at radius 3 is 2.47 bits per heavy atom. The van der Waals surface area contributed by atoms with Gasteiger partial charge in [0.1, 0.15) is 0 Å². The van der Waals surface area contributed by atoms with Gasteiger partial charge in [-0.1, -0.05) is 19.4 Å². The van der Waals surface area contributed by atoms with Crippen molar-refractivity contribution in [3.05, 3.63) is 48.1 Å².